The molecule has 0 heterocycles. The van der Waals surface area contributed by atoms with Crippen molar-refractivity contribution in [1.29, 1.82) is 0 Å². The highest BCUT2D eigenvalue weighted by atomic mass is 15.1. The molecule has 0 saturated carbocycles. The third-order valence-electron chi connectivity index (χ3n) is 13.5. The maximum Gasteiger partial charge on any atom is 0.0713 e. The van der Waals surface area contributed by atoms with E-state index in [1.54, 1.807) is 0 Å². The van der Waals surface area contributed by atoms with Crippen molar-refractivity contribution in [3.05, 3.63) is 295 Å². The third kappa shape index (κ3) is 6.73. The topological polar surface area (TPSA) is 3.24 Å². The Kier molecular flexibility index (Phi) is 9.81. The SMILES string of the molecule is c1ccc(-c2cccc(-c3ccccc3N(c3ccc(-c4ccc5c(c4)C(c4ccccc4)(c4ccccc4)c4ccccc4-5)cc3)c3cccc(-c4ccc5ccccc5c4)c3)c2)cc1. The maximum absolute atomic E-state index is 2.45. The van der Waals surface area contributed by atoms with Crippen molar-refractivity contribution in [2.45, 2.75) is 5.41 Å². The molecule has 1 heteroatoms. The lowest BCUT2D eigenvalue weighted by molar-refractivity contribution is 0.769. The highest BCUT2D eigenvalue weighted by Crippen LogP contribution is 2.57. The van der Waals surface area contributed by atoms with Crippen LogP contribution in [0.1, 0.15) is 22.3 Å². The first-order valence-corrected chi connectivity index (χ1v) is 22.8. The molecule has 12 rings (SSSR count). The highest BCUT2D eigenvalue weighted by Gasteiger charge is 2.46. The highest BCUT2D eigenvalue weighted by molar-refractivity contribution is 5.93. The molecule has 0 spiro atoms. The first-order valence-electron chi connectivity index (χ1n) is 22.8. The maximum atomic E-state index is 2.45. The van der Waals surface area contributed by atoms with E-state index in [1.807, 2.05) is 0 Å². The summed E-state index contributed by atoms with van der Waals surface area (Å²) >= 11 is 0. The molecule has 0 radical (unpaired) electrons. The molecule has 11 aromatic rings. The summed E-state index contributed by atoms with van der Waals surface area (Å²) in [5.74, 6) is 0. The van der Waals surface area contributed by atoms with Gasteiger partial charge in [0, 0.05) is 16.9 Å². The van der Waals surface area contributed by atoms with E-state index < -0.39 is 5.41 Å². The van der Waals surface area contributed by atoms with Crippen molar-refractivity contribution in [3.63, 3.8) is 0 Å². The number of hydrogen-bond acceptors (Lipinski definition) is 1. The predicted molar refractivity (Wildman–Crippen MR) is 278 cm³/mol. The zero-order valence-corrected chi connectivity index (χ0v) is 36.4. The van der Waals surface area contributed by atoms with Crippen LogP contribution in [0.4, 0.5) is 17.1 Å². The van der Waals surface area contributed by atoms with Crippen molar-refractivity contribution in [2.75, 3.05) is 4.90 Å². The Morgan fingerprint density at radius 3 is 1.50 bits per heavy atom. The van der Waals surface area contributed by atoms with Gasteiger partial charge in [-0.3, -0.25) is 0 Å². The normalized spacial score (nSPS) is 12.4. The summed E-state index contributed by atoms with van der Waals surface area (Å²) in [6, 6.07) is 100. The minimum absolute atomic E-state index is 0.460. The Morgan fingerprint density at radius 2 is 0.742 bits per heavy atom. The van der Waals surface area contributed by atoms with Crippen LogP contribution in [-0.2, 0) is 5.41 Å². The first kappa shape index (κ1) is 39.1. The molecule has 66 heavy (non-hydrogen) atoms. The average molecular weight is 840 g/mol. The van der Waals surface area contributed by atoms with Crippen LogP contribution >= 0.6 is 0 Å². The van der Waals surface area contributed by atoms with Crippen LogP contribution in [0.25, 0.3) is 66.4 Å². The Morgan fingerprint density at radius 1 is 0.242 bits per heavy atom. The Labute approximate surface area is 387 Å². The van der Waals surface area contributed by atoms with Crippen LogP contribution in [0.2, 0.25) is 0 Å². The fraction of sp³-hybridized carbons (Fsp3) is 0.0154. The molecular formula is C65H45N. The summed E-state index contributed by atoms with van der Waals surface area (Å²) in [4.78, 5) is 2.42. The number of nitrogens with zero attached hydrogens (tertiary/aromatic N) is 1. The minimum Gasteiger partial charge on any atom is -0.310 e. The second-order valence-electron chi connectivity index (χ2n) is 17.2. The third-order valence-corrected chi connectivity index (χ3v) is 13.5. The fourth-order valence-electron chi connectivity index (χ4n) is 10.5. The van der Waals surface area contributed by atoms with Crippen LogP contribution < -0.4 is 4.90 Å². The van der Waals surface area contributed by atoms with Gasteiger partial charge in [-0.1, -0.05) is 224 Å². The van der Waals surface area contributed by atoms with Gasteiger partial charge >= 0.3 is 0 Å². The fourth-order valence-corrected chi connectivity index (χ4v) is 10.5. The van der Waals surface area contributed by atoms with Crippen molar-refractivity contribution < 1.29 is 0 Å². The lowest BCUT2D eigenvalue weighted by Crippen LogP contribution is -2.28. The van der Waals surface area contributed by atoms with E-state index in [-0.39, 0.29) is 0 Å². The number of benzene rings is 11. The molecule has 0 atom stereocenters. The van der Waals surface area contributed by atoms with Crippen LogP contribution in [0.5, 0.6) is 0 Å². The number of hydrogen-bond donors (Lipinski definition) is 0. The summed E-state index contributed by atoms with van der Waals surface area (Å²) in [6.07, 6.45) is 0. The van der Waals surface area contributed by atoms with E-state index in [1.165, 1.54) is 83.1 Å². The van der Waals surface area contributed by atoms with Crippen molar-refractivity contribution >= 4 is 27.8 Å². The molecule has 1 nitrogen and oxygen atoms in total. The van der Waals surface area contributed by atoms with E-state index in [0.29, 0.717) is 0 Å². The quantitative estimate of drug-likeness (QED) is 0.140. The van der Waals surface area contributed by atoms with Gasteiger partial charge in [-0.05, 0) is 132 Å². The second kappa shape index (κ2) is 16.6. The van der Waals surface area contributed by atoms with Crippen molar-refractivity contribution in [1.82, 2.24) is 0 Å². The molecule has 0 unspecified atom stereocenters. The molecule has 310 valence electrons. The number of para-hydroxylation sites is 1. The lowest BCUT2D eigenvalue weighted by atomic mass is 9.67. The van der Waals surface area contributed by atoms with Gasteiger partial charge in [-0.15, -0.1) is 0 Å². The molecule has 0 aliphatic heterocycles. The lowest BCUT2D eigenvalue weighted by Gasteiger charge is -2.34. The monoisotopic (exact) mass is 839 g/mol. The Bertz CT molecular complexity index is 3480. The number of anilines is 3. The molecule has 0 fully saturated rings. The van der Waals surface area contributed by atoms with E-state index in [2.05, 4.69) is 278 Å². The molecule has 0 aromatic heterocycles. The molecule has 1 aliphatic rings. The molecule has 11 aromatic carbocycles. The number of fused-ring (bicyclic) bond motifs is 4. The average Bonchev–Trinajstić information content (AvgIpc) is 3.70. The summed E-state index contributed by atoms with van der Waals surface area (Å²) in [5, 5.41) is 2.47. The van der Waals surface area contributed by atoms with Gasteiger partial charge in [0.05, 0.1) is 11.1 Å². The van der Waals surface area contributed by atoms with Crippen LogP contribution in [0.3, 0.4) is 0 Å². The second-order valence-corrected chi connectivity index (χ2v) is 17.2. The van der Waals surface area contributed by atoms with Crippen molar-refractivity contribution in [3.8, 4) is 55.6 Å². The summed E-state index contributed by atoms with van der Waals surface area (Å²) in [5.41, 5.74) is 20.0. The van der Waals surface area contributed by atoms with E-state index >= 15 is 0 Å². The van der Waals surface area contributed by atoms with Gasteiger partial charge in [0.15, 0.2) is 0 Å². The van der Waals surface area contributed by atoms with Gasteiger partial charge in [0.25, 0.3) is 0 Å². The van der Waals surface area contributed by atoms with E-state index in [9.17, 15) is 0 Å². The van der Waals surface area contributed by atoms with E-state index in [4.69, 9.17) is 0 Å². The largest absolute Gasteiger partial charge is 0.310 e. The number of rotatable bonds is 9. The van der Waals surface area contributed by atoms with Crippen LogP contribution in [0, 0.1) is 0 Å². The van der Waals surface area contributed by atoms with E-state index in [0.717, 1.165) is 22.6 Å². The summed E-state index contributed by atoms with van der Waals surface area (Å²) < 4.78 is 0. The van der Waals surface area contributed by atoms with Crippen molar-refractivity contribution in [2.24, 2.45) is 0 Å². The van der Waals surface area contributed by atoms with Crippen LogP contribution in [0.15, 0.2) is 273 Å². The Hall–Kier alpha value is -8.52. The summed E-state index contributed by atoms with van der Waals surface area (Å²) in [7, 11) is 0. The summed E-state index contributed by atoms with van der Waals surface area (Å²) in [6.45, 7) is 0. The molecular weight excluding hydrogens is 795 g/mol. The molecule has 0 N–H and O–H groups in total. The zero-order chi connectivity index (χ0) is 43.9. The minimum atomic E-state index is -0.460. The molecule has 0 amide bonds. The standard InChI is InChI=1S/C65H45N/c1-4-18-46(19-5-1)50-22-16-24-54(43-50)59-30-13-15-33-64(59)66(58-29-17-23-51(44-58)52-35-34-47-20-10-11-21-49(47)42-52)57-39-36-48(37-40-57)53-38-41-61-60-31-12-14-32-62(60)65(63(61)45-53,55-25-6-2-7-26-55)56-27-8-3-9-28-56/h1-45H. The first-order chi connectivity index (χ1) is 32.7. The molecule has 0 saturated heterocycles. The van der Waals surface area contributed by atoms with Gasteiger partial charge < -0.3 is 4.90 Å². The molecule has 0 bridgehead atoms. The smallest absolute Gasteiger partial charge is 0.0713 e. The van der Waals surface area contributed by atoms with Gasteiger partial charge in [0.1, 0.15) is 0 Å². The van der Waals surface area contributed by atoms with Gasteiger partial charge in [0.2, 0.25) is 0 Å². The van der Waals surface area contributed by atoms with Gasteiger partial charge in [-0.25, -0.2) is 0 Å². The van der Waals surface area contributed by atoms with Gasteiger partial charge in [-0.2, -0.15) is 0 Å². The Balaban J connectivity index is 0.999. The predicted octanol–water partition coefficient (Wildman–Crippen LogP) is 17.3. The van der Waals surface area contributed by atoms with Crippen LogP contribution in [-0.4, -0.2) is 0 Å². The zero-order valence-electron chi connectivity index (χ0n) is 36.4. The molecule has 1 aliphatic carbocycles.